The predicted molar refractivity (Wildman–Crippen MR) is 74.2 cm³/mol. The van der Waals surface area contributed by atoms with E-state index in [2.05, 4.69) is 9.68 Å². The van der Waals surface area contributed by atoms with E-state index >= 15 is 0 Å². The van der Waals surface area contributed by atoms with Gasteiger partial charge in [-0.1, -0.05) is 0 Å². The van der Waals surface area contributed by atoms with Crippen LogP contribution in [0.2, 0.25) is 0 Å². The van der Waals surface area contributed by atoms with Crippen LogP contribution in [-0.4, -0.2) is 10.3 Å². The molecule has 0 unspecified atom stereocenters. The van der Waals surface area contributed by atoms with Gasteiger partial charge in [-0.25, -0.2) is 4.79 Å². The van der Waals surface area contributed by atoms with E-state index in [-0.39, 0.29) is 5.89 Å². The molecule has 5 heteroatoms. The summed E-state index contributed by atoms with van der Waals surface area (Å²) in [4.78, 5) is 11.1. The topological polar surface area (TPSA) is 76.5 Å². The summed E-state index contributed by atoms with van der Waals surface area (Å²) < 4.78 is 9.54. The molecule has 0 radical (unpaired) electrons. The Morgan fingerprint density at radius 3 is 1.90 bits per heavy atom. The van der Waals surface area contributed by atoms with E-state index in [1.807, 2.05) is 41.5 Å². The number of hydrogen-bond acceptors (Lipinski definition) is 5. The fourth-order valence-corrected chi connectivity index (χ4v) is 2.77. The molecule has 0 aliphatic heterocycles. The van der Waals surface area contributed by atoms with Crippen LogP contribution in [0.15, 0.2) is 13.7 Å². The standard InChI is InChI=1S/C15H19NO4/c1-7-9(3)12(17)10(4)8(2)11(7)15(5,6)13-16-20-14(18)19-13/h17H,1-6H3. The molecule has 0 aliphatic rings. The summed E-state index contributed by atoms with van der Waals surface area (Å²) >= 11 is 0. The van der Waals surface area contributed by atoms with Crippen molar-refractivity contribution in [3.63, 3.8) is 0 Å². The van der Waals surface area contributed by atoms with Crippen LogP contribution in [0.1, 0.15) is 47.6 Å². The quantitative estimate of drug-likeness (QED) is 0.913. The van der Waals surface area contributed by atoms with Gasteiger partial charge in [0.15, 0.2) is 0 Å². The van der Waals surface area contributed by atoms with Gasteiger partial charge in [0.1, 0.15) is 5.75 Å². The second-order valence-electron chi connectivity index (χ2n) is 5.69. The molecule has 0 bridgehead atoms. The van der Waals surface area contributed by atoms with Crippen molar-refractivity contribution in [1.82, 2.24) is 5.16 Å². The molecule has 1 aromatic carbocycles. The van der Waals surface area contributed by atoms with Crippen molar-refractivity contribution in [2.75, 3.05) is 0 Å². The average Bonchev–Trinajstić information content (AvgIpc) is 2.81. The molecule has 0 atom stereocenters. The minimum absolute atomic E-state index is 0.234. The van der Waals surface area contributed by atoms with Gasteiger partial charge in [-0.15, -0.1) is 0 Å². The van der Waals surface area contributed by atoms with Gasteiger partial charge >= 0.3 is 5.82 Å². The van der Waals surface area contributed by atoms with Crippen LogP contribution in [0.3, 0.4) is 0 Å². The van der Waals surface area contributed by atoms with Crippen LogP contribution in [0.5, 0.6) is 5.75 Å². The highest BCUT2D eigenvalue weighted by atomic mass is 16.6. The zero-order valence-corrected chi connectivity index (χ0v) is 12.6. The zero-order valence-electron chi connectivity index (χ0n) is 12.6. The number of nitrogens with zero attached hydrogens (tertiary/aromatic N) is 1. The number of rotatable bonds is 2. The molecule has 5 nitrogen and oxygen atoms in total. The lowest BCUT2D eigenvalue weighted by Gasteiger charge is -2.27. The van der Waals surface area contributed by atoms with Crippen LogP contribution >= 0.6 is 0 Å². The predicted octanol–water partition coefficient (Wildman–Crippen LogP) is 2.89. The van der Waals surface area contributed by atoms with E-state index < -0.39 is 11.2 Å². The number of benzene rings is 1. The molecule has 0 spiro atoms. The van der Waals surface area contributed by atoms with Gasteiger partial charge in [-0.2, -0.15) is 0 Å². The summed E-state index contributed by atoms with van der Waals surface area (Å²) in [5.74, 6) is -0.269. The largest absolute Gasteiger partial charge is 0.542 e. The smallest absolute Gasteiger partial charge is 0.507 e. The molecular weight excluding hydrogens is 258 g/mol. The number of phenolic OH excluding ortho intramolecular Hbond substituents is 1. The van der Waals surface area contributed by atoms with E-state index in [4.69, 9.17) is 4.42 Å². The first-order valence-electron chi connectivity index (χ1n) is 6.45. The van der Waals surface area contributed by atoms with Gasteiger partial charge in [-0.05, 0) is 74.5 Å². The Labute approximate surface area is 117 Å². The molecule has 1 heterocycles. The highest BCUT2D eigenvalue weighted by Gasteiger charge is 2.34. The van der Waals surface area contributed by atoms with Crippen LogP contribution in [0.25, 0.3) is 0 Å². The van der Waals surface area contributed by atoms with Gasteiger partial charge in [0.25, 0.3) is 0 Å². The molecule has 108 valence electrons. The van der Waals surface area contributed by atoms with Gasteiger partial charge in [0.2, 0.25) is 5.89 Å². The Balaban J connectivity index is 2.78. The third kappa shape index (κ3) is 1.94. The Morgan fingerprint density at radius 2 is 1.50 bits per heavy atom. The Morgan fingerprint density at radius 1 is 1.00 bits per heavy atom. The van der Waals surface area contributed by atoms with Crippen LogP contribution in [0, 0.1) is 27.7 Å². The Kier molecular flexibility index (Phi) is 3.24. The van der Waals surface area contributed by atoms with E-state index in [0.717, 1.165) is 27.8 Å². The van der Waals surface area contributed by atoms with Crippen molar-refractivity contribution in [3.8, 4) is 5.75 Å². The van der Waals surface area contributed by atoms with E-state index in [1.54, 1.807) is 0 Å². The number of phenols is 1. The Hall–Kier alpha value is -2.04. The molecule has 0 aliphatic carbocycles. The summed E-state index contributed by atoms with van der Waals surface area (Å²) in [5, 5.41) is 13.8. The highest BCUT2D eigenvalue weighted by molar-refractivity contribution is 5.56. The normalized spacial score (nSPS) is 11.9. The van der Waals surface area contributed by atoms with E-state index in [1.165, 1.54) is 0 Å². The first kappa shape index (κ1) is 14.4. The number of aromatic hydroxyl groups is 1. The van der Waals surface area contributed by atoms with Crippen molar-refractivity contribution in [2.45, 2.75) is 47.0 Å². The van der Waals surface area contributed by atoms with Crippen LogP contribution < -0.4 is 5.82 Å². The molecule has 0 saturated heterocycles. The van der Waals surface area contributed by atoms with E-state index in [9.17, 15) is 9.90 Å². The van der Waals surface area contributed by atoms with Crippen molar-refractivity contribution in [3.05, 3.63) is 44.3 Å². The third-order valence-electron chi connectivity index (χ3n) is 4.13. The molecule has 0 amide bonds. The summed E-state index contributed by atoms with van der Waals surface area (Å²) in [6, 6.07) is 0. The SMILES string of the molecule is Cc1c(C)c(C(C)(C)c2noc(=O)o2)c(C)c(C)c1O. The van der Waals surface area contributed by atoms with Crippen molar-refractivity contribution in [2.24, 2.45) is 0 Å². The van der Waals surface area contributed by atoms with Gasteiger partial charge < -0.3 is 9.52 Å². The molecule has 20 heavy (non-hydrogen) atoms. The molecule has 0 saturated carbocycles. The lowest BCUT2D eigenvalue weighted by atomic mass is 9.76. The van der Waals surface area contributed by atoms with Crippen LogP contribution in [0.4, 0.5) is 0 Å². The summed E-state index contributed by atoms with van der Waals surface area (Å²) in [5.41, 5.74) is 3.93. The van der Waals surface area contributed by atoms with Gasteiger partial charge in [-0.3, -0.25) is 4.52 Å². The molecule has 1 N–H and O–H groups in total. The van der Waals surface area contributed by atoms with Gasteiger partial charge in [0, 0.05) is 0 Å². The zero-order chi connectivity index (χ0) is 15.2. The third-order valence-corrected chi connectivity index (χ3v) is 4.13. The van der Waals surface area contributed by atoms with E-state index in [0.29, 0.717) is 5.75 Å². The van der Waals surface area contributed by atoms with Crippen LogP contribution in [-0.2, 0) is 5.41 Å². The summed E-state index contributed by atoms with van der Waals surface area (Å²) in [6.07, 6.45) is 0. The minimum Gasteiger partial charge on any atom is -0.507 e. The Bertz CT molecular complexity index is 693. The monoisotopic (exact) mass is 277 g/mol. The van der Waals surface area contributed by atoms with Crippen molar-refractivity contribution in [1.29, 1.82) is 0 Å². The molecule has 0 fully saturated rings. The molecule has 2 aromatic rings. The second kappa shape index (κ2) is 4.51. The first-order chi connectivity index (χ1) is 9.17. The lowest BCUT2D eigenvalue weighted by Crippen LogP contribution is -2.23. The maximum Gasteiger partial charge on any atom is 0.542 e. The average molecular weight is 277 g/mol. The maximum absolute atomic E-state index is 11.1. The summed E-state index contributed by atoms with van der Waals surface area (Å²) in [6.45, 7) is 11.5. The molecule has 1 aromatic heterocycles. The van der Waals surface area contributed by atoms with Gasteiger partial charge in [0.05, 0.1) is 5.41 Å². The van der Waals surface area contributed by atoms with Crippen molar-refractivity contribution >= 4 is 0 Å². The fourth-order valence-electron chi connectivity index (χ4n) is 2.77. The maximum atomic E-state index is 11.1. The number of hydrogen-bond donors (Lipinski definition) is 1. The number of aromatic nitrogens is 1. The second-order valence-corrected chi connectivity index (χ2v) is 5.69. The fraction of sp³-hybridized carbons (Fsp3) is 0.467. The highest BCUT2D eigenvalue weighted by Crippen LogP contribution is 2.40. The molecular formula is C15H19NO4. The molecule has 2 rings (SSSR count). The summed E-state index contributed by atoms with van der Waals surface area (Å²) in [7, 11) is 0. The van der Waals surface area contributed by atoms with Crippen molar-refractivity contribution < 1.29 is 14.0 Å². The lowest BCUT2D eigenvalue weighted by molar-refractivity contribution is 0.331. The first-order valence-corrected chi connectivity index (χ1v) is 6.45. The minimum atomic E-state index is -0.810.